The van der Waals surface area contributed by atoms with Gasteiger partial charge < -0.3 is 10.4 Å². The van der Waals surface area contributed by atoms with E-state index in [1.165, 1.54) is 30.0 Å². The zero-order valence-electron chi connectivity index (χ0n) is 16.1. The summed E-state index contributed by atoms with van der Waals surface area (Å²) < 4.78 is 28.0. The summed E-state index contributed by atoms with van der Waals surface area (Å²) in [6.45, 7) is 1.68. The van der Waals surface area contributed by atoms with Crippen molar-refractivity contribution in [2.24, 2.45) is 0 Å². The number of aliphatic hydroxyl groups excluding tert-OH is 1. The molecule has 7 nitrogen and oxygen atoms in total. The van der Waals surface area contributed by atoms with Crippen LogP contribution < -0.4 is 10.0 Å². The van der Waals surface area contributed by atoms with Gasteiger partial charge in [-0.2, -0.15) is 0 Å². The average Bonchev–Trinajstić information content (AvgIpc) is 2.72. The van der Waals surface area contributed by atoms with E-state index in [4.69, 9.17) is 11.6 Å². The minimum atomic E-state index is -3.94. The maximum absolute atomic E-state index is 12.8. The number of sulfonamides is 1. The number of thioether (sulfide) groups is 1. The number of nitrogens with zero attached hydrogens (tertiary/aromatic N) is 2. The van der Waals surface area contributed by atoms with Crippen molar-refractivity contribution in [1.29, 1.82) is 0 Å². The van der Waals surface area contributed by atoms with Gasteiger partial charge in [-0.1, -0.05) is 65.8 Å². The molecule has 158 valence electrons. The van der Waals surface area contributed by atoms with Crippen LogP contribution in [0.4, 0.5) is 11.6 Å². The molecule has 0 fully saturated rings. The van der Waals surface area contributed by atoms with Crippen molar-refractivity contribution in [3.8, 4) is 0 Å². The molecule has 0 bridgehead atoms. The molecule has 3 rings (SSSR count). The summed E-state index contributed by atoms with van der Waals surface area (Å²) in [6, 6.07) is 17.2. The molecule has 2 aromatic carbocycles. The smallest absolute Gasteiger partial charge is 0.264 e. The number of hydrogen-bond donors (Lipinski definition) is 3. The Morgan fingerprint density at radius 3 is 2.43 bits per heavy atom. The SMILES string of the molecule is C[C@H](CO)Nc1cc(NS(=O)(=O)c2ccccc2Cl)nc(SCc2ccccc2)n1. The van der Waals surface area contributed by atoms with Gasteiger partial charge in [0, 0.05) is 17.9 Å². The fraction of sp³-hybridized carbons (Fsp3) is 0.200. The van der Waals surface area contributed by atoms with Gasteiger partial charge in [-0.25, -0.2) is 18.4 Å². The molecule has 1 aromatic heterocycles. The van der Waals surface area contributed by atoms with E-state index in [0.29, 0.717) is 16.7 Å². The maximum Gasteiger partial charge on any atom is 0.264 e. The fourth-order valence-electron chi connectivity index (χ4n) is 2.49. The molecule has 0 aliphatic rings. The number of anilines is 2. The third-order valence-corrected chi connectivity index (χ3v) is 6.72. The maximum atomic E-state index is 12.8. The Kier molecular flexibility index (Phi) is 7.54. The molecule has 10 heteroatoms. The quantitative estimate of drug-likeness (QED) is 0.324. The van der Waals surface area contributed by atoms with Crippen molar-refractivity contribution in [2.75, 3.05) is 16.6 Å². The van der Waals surface area contributed by atoms with Gasteiger partial charge in [0.2, 0.25) is 0 Å². The first kappa shape index (κ1) is 22.4. The van der Waals surface area contributed by atoms with Crippen LogP contribution in [0.15, 0.2) is 70.7 Å². The molecule has 1 atom stereocenters. The van der Waals surface area contributed by atoms with Crippen LogP contribution in [0.25, 0.3) is 0 Å². The largest absolute Gasteiger partial charge is 0.394 e. The second-order valence-electron chi connectivity index (χ2n) is 6.46. The third kappa shape index (κ3) is 6.09. The van der Waals surface area contributed by atoms with E-state index in [9.17, 15) is 13.5 Å². The summed E-state index contributed by atoms with van der Waals surface area (Å²) in [4.78, 5) is 8.72. The number of nitrogens with one attached hydrogen (secondary N) is 2. The summed E-state index contributed by atoms with van der Waals surface area (Å²) in [5, 5.41) is 12.9. The first-order valence-corrected chi connectivity index (χ1v) is 11.9. The highest BCUT2D eigenvalue weighted by atomic mass is 35.5. The van der Waals surface area contributed by atoms with E-state index in [0.717, 1.165) is 5.56 Å². The first-order chi connectivity index (χ1) is 14.4. The van der Waals surface area contributed by atoms with E-state index in [2.05, 4.69) is 20.0 Å². The first-order valence-electron chi connectivity index (χ1n) is 9.08. The third-order valence-electron chi connectivity index (χ3n) is 3.95. The van der Waals surface area contributed by atoms with Gasteiger partial charge in [0.15, 0.2) is 5.16 Å². The topological polar surface area (TPSA) is 104 Å². The van der Waals surface area contributed by atoms with E-state index in [-0.39, 0.29) is 28.4 Å². The lowest BCUT2D eigenvalue weighted by Crippen LogP contribution is -2.21. The van der Waals surface area contributed by atoms with E-state index in [1.807, 2.05) is 30.3 Å². The molecule has 0 unspecified atom stereocenters. The zero-order valence-corrected chi connectivity index (χ0v) is 18.5. The molecule has 0 saturated heterocycles. The molecular formula is C20H21ClN4O3S2. The lowest BCUT2D eigenvalue weighted by atomic mass is 10.2. The van der Waals surface area contributed by atoms with Gasteiger partial charge >= 0.3 is 0 Å². The lowest BCUT2D eigenvalue weighted by molar-refractivity contribution is 0.281. The van der Waals surface area contributed by atoms with Crippen LogP contribution in [0.5, 0.6) is 0 Å². The Morgan fingerprint density at radius 1 is 1.07 bits per heavy atom. The number of halogens is 1. The highest BCUT2D eigenvalue weighted by molar-refractivity contribution is 7.98. The molecule has 0 amide bonds. The zero-order chi connectivity index (χ0) is 21.6. The Bertz CT molecular complexity index is 1100. The van der Waals surface area contributed by atoms with Crippen molar-refractivity contribution in [3.63, 3.8) is 0 Å². The Morgan fingerprint density at radius 2 is 1.73 bits per heavy atom. The highest BCUT2D eigenvalue weighted by Gasteiger charge is 2.19. The minimum Gasteiger partial charge on any atom is -0.394 e. The molecule has 0 radical (unpaired) electrons. The van der Waals surface area contributed by atoms with Crippen LogP contribution in [-0.4, -0.2) is 36.1 Å². The van der Waals surface area contributed by atoms with Crippen molar-refractivity contribution >= 4 is 45.0 Å². The highest BCUT2D eigenvalue weighted by Crippen LogP contribution is 2.26. The van der Waals surface area contributed by atoms with Gasteiger partial charge in [-0.05, 0) is 24.6 Å². The predicted molar refractivity (Wildman–Crippen MR) is 120 cm³/mol. The number of benzene rings is 2. The summed E-state index contributed by atoms with van der Waals surface area (Å²) in [6.07, 6.45) is 0. The summed E-state index contributed by atoms with van der Waals surface area (Å²) in [5.74, 6) is 1.13. The predicted octanol–water partition coefficient (Wildman–Crippen LogP) is 4.02. The van der Waals surface area contributed by atoms with Gasteiger partial charge in [0.1, 0.15) is 16.5 Å². The van der Waals surface area contributed by atoms with Crippen LogP contribution in [0.1, 0.15) is 12.5 Å². The normalized spacial score (nSPS) is 12.4. The van der Waals surface area contributed by atoms with Gasteiger partial charge in [0.25, 0.3) is 10.0 Å². The molecule has 0 aliphatic carbocycles. The van der Waals surface area contributed by atoms with Crippen LogP contribution in [0.3, 0.4) is 0 Å². The van der Waals surface area contributed by atoms with Gasteiger partial charge in [0.05, 0.1) is 11.6 Å². The molecule has 3 N–H and O–H groups in total. The molecular weight excluding hydrogens is 444 g/mol. The molecule has 1 heterocycles. The summed E-state index contributed by atoms with van der Waals surface area (Å²) in [5.41, 5.74) is 1.09. The Balaban J connectivity index is 1.88. The number of aliphatic hydroxyl groups is 1. The molecule has 0 spiro atoms. The standard InChI is InChI=1S/C20H21ClN4O3S2/c1-14(12-26)22-18-11-19(25-30(27,28)17-10-6-5-9-16(17)21)24-20(23-18)29-13-15-7-3-2-4-8-15/h2-11,14,26H,12-13H2,1H3,(H2,22,23,24,25)/t14-/m1/s1. The van der Waals surface area contributed by atoms with Crippen molar-refractivity contribution in [3.05, 3.63) is 71.2 Å². The van der Waals surface area contributed by atoms with Gasteiger partial charge in [-0.3, -0.25) is 4.72 Å². The van der Waals surface area contributed by atoms with E-state index in [1.54, 1.807) is 19.1 Å². The van der Waals surface area contributed by atoms with Crippen LogP contribution in [0.2, 0.25) is 5.02 Å². The summed E-state index contributed by atoms with van der Waals surface area (Å²) >= 11 is 7.42. The van der Waals surface area contributed by atoms with Crippen molar-refractivity contribution in [2.45, 2.75) is 28.8 Å². The lowest BCUT2D eigenvalue weighted by Gasteiger charge is -2.15. The average molecular weight is 465 g/mol. The van der Waals surface area contributed by atoms with Crippen molar-refractivity contribution in [1.82, 2.24) is 9.97 Å². The second-order valence-corrected chi connectivity index (χ2v) is 9.46. The van der Waals surface area contributed by atoms with E-state index < -0.39 is 10.0 Å². The Hall–Kier alpha value is -2.33. The second kappa shape index (κ2) is 10.1. The van der Waals surface area contributed by atoms with Crippen molar-refractivity contribution < 1.29 is 13.5 Å². The van der Waals surface area contributed by atoms with Crippen LogP contribution in [0, 0.1) is 0 Å². The summed E-state index contributed by atoms with van der Waals surface area (Å²) in [7, 11) is -3.94. The number of rotatable bonds is 9. The minimum absolute atomic E-state index is 0.0398. The van der Waals surface area contributed by atoms with Gasteiger partial charge in [-0.15, -0.1) is 0 Å². The Labute approximate surface area is 185 Å². The molecule has 0 aliphatic heterocycles. The van der Waals surface area contributed by atoms with Crippen LogP contribution >= 0.6 is 23.4 Å². The number of aromatic nitrogens is 2. The monoisotopic (exact) mass is 464 g/mol. The molecule has 3 aromatic rings. The molecule has 0 saturated carbocycles. The van der Waals surface area contributed by atoms with E-state index >= 15 is 0 Å². The molecule has 30 heavy (non-hydrogen) atoms. The number of hydrogen-bond acceptors (Lipinski definition) is 7. The fourth-order valence-corrected chi connectivity index (χ4v) is 4.82. The van der Waals surface area contributed by atoms with Crippen LogP contribution in [-0.2, 0) is 15.8 Å².